The molecule has 1 heterocycles. The zero-order valence-electron chi connectivity index (χ0n) is 10.6. The summed E-state index contributed by atoms with van der Waals surface area (Å²) < 4.78 is 0. The molecule has 98 valence electrons. The van der Waals surface area contributed by atoms with Gasteiger partial charge in [-0.1, -0.05) is 6.07 Å². The molecule has 0 atom stereocenters. The van der Waals surface area contributed by atoms with E-state index in [0.717, 1.165) is 30.5 Å². The Balaban J connectivity index is 1.80. The Hall–Kier alpha value is -1.88. The van der Waals surface area contributed by atoms with Crippen LogP contribution in [0.3, 0.4) is 0 Å². The lowest BCUT2D eigenvalue weighted by atomic mass is 10.1. The van der Waals surface area contributed by atoms with Gasteiger partial charge in [0.2, 0.25) is 0 Å². The summed E-state index contributed by atoms with van der Waals surface area (Å²) in [6.07, 6.45) is 3.21. The van der Waals surface area contributed by atoms with E-state index in [0.29, 0.717) is 5.13 Å². The third-order valence-electron chi connectivity index (χ3n) is 3.21. The van der Waals surface area contributed by atoms with Gasteiger partial charge in [-0.15, -0.1) is 11.3 Å². The van der Waals surface area contributed by atoms with Gasteiger partial charge in [-0.2, -0.15) is 0 Å². The lowest BCUT2D eigenvalue weighted by Gasteiger charge is -2.05. The van der Waals surface area contributed by atoms with Crippen LogP contribution in [0.2, 0.25) is 0 Å². The first kappa shape index (κ1) is 12.2. The van der Waals surface area contributed by atoms with Gasteiger partial charge in [-0.3, -0.25) is 10.1 Å². The summed E-state index contributed by atoms with van der Waals surface area (Å²) in [6.45, 7) is 1.87. The third kappa shape index (κ3) is 2.33. The summed E-state index contributed by atoms with van der Waals surface area (Å²) in [5.41, 5.74) is 2.30. The predicted molar refractivity (Wildman–Crippen MR) is 74.9 cm³/mol. The highest BCUT2D eigenvalue weighted by Crippen LogP contribution is 2.31. The Morgan fingerprint density at radius 1 is 1.42 bits per heavy atom. The normalized spacial score (nSPS) is 13.3. The number of aromatic hydroxyl groups is 1. The summed E-state index contributed by atoms with van der Waals surface area (Å²) >= 11 is 1.53. The standard InChI is InChI=1S/C14H14N2O2S/c1-8-5-6-9(11(17)7-8)13(18)16-14-15-10-3-2-4-12(10)19-14/h5-7,17H,2-4H2,1H3,(H,15,16,18). The number of aromatic nitrogens is 1. The first-order valence-electron chi connectivity index (χ1n) is 6.23. The van der Waals surface area contributed by atoms with Crippen LogP contribution in [0.25, 0.3) is 0 Å². The fourth-order valence-electron chi connectivity index (χ4n) is 2.24. The number of amides is 1. The first-order chi connectivity index (χ1) is 9.13. The van der Waals surface area contributed by atoms with E-state index in [9.17, 15) is 9.90 Å². The van der Waals surface area contributed by atoms with Crippen LogP contribution in [-0.2, 0) is 12.8 Å². The molecule has 2 aromatic rings. The van der Waals surface area contributed by atoms with E-state index in [2.05, 4.69) is 10.3 Å². The fourth-order valence-corrected chi connectivity index (χ4v) is 3.29. The molecule has 0 bridgehead atoms. The second-order valence-electron chi connectivity index (χ2n) is 4.72. The fraction of sp³-hybridized carbons (Fsp3) is 0.286. The van der Waals surface area contributed by atoms with Crippen molar-refractivity contribution in [2.45, 2.75) is 26.2 Å². The van der Waals surface area contributed by atoms with E-state index in [1.165, 1.54) is 16.2 Å². The molecule has 1 amide bonds. The summed E-state index contributed by atoms with van der Waals surface area (Å²) in [5, 5.41) is 13.2. The van der Waals surface area contributed by atoms with Gasteiger partial charge in [-0.05, 0) is 43.9 Å². The number of fused-ring (bicyclic) bond motifs is 1. The van der Waals surface area contributed by atoms with Crippen molar-refractivity contribution in [2.24, 2.45) is 0 Å². The summed E-state index contributed by atoms with van der Waals surface area (Å²) in [7, 11) is 0. The lowest BCUT2D eigenvalue weighted by molar-refractivity contribution is 0.102. The van der Waals surface area contributed by atoms with Crippen LogP contribution in [-0.4, -0.2) is 16.0 Å². The van der Waals surface area contributed by atoms with E-state index >= 15 is 0 Å². The van der Waals surface area contributed by atoms with Crippen molar-refractivity contribution in [1.29, 1.82) is 0 Å². The molecule has 0 radical (unpaired) electrons. The topological polar surface area (TPSA) is 62.2 Å². The molecule has 0 saturated heterocycles. The molecule has 0 fully saturated rings. The molecule has 0 spiro atoms. The molecule has 1 aromatic carbocycles. The van der Waals surface area contributed by atoms with Crippen molar-refractivity contribution in [1.82, 2.24) is 4.98 Å². The van der Waals surface area contributed by atoms with E-state index in [-0.39, 0.29) is 17.2 Å². The number of anilines is 1. The number of nitrogens with one attached hydrogen (secondary N) is 1. The molecule has 0 aliphatic heterocycles. The van der Waals surface area contributed by atoms with Gasteiger partial charge in [0.1, 0.15) is 5.75 Å². The van der Waals surface area contributed by atoms with Gasteiger partial charge >= 0.3 is 0 Å². The highest BCUT2D eigenvalue weighted by molar-refractivity contribution is 7.16. The van der Waals surface area contributed by atoms with E-state index in [1.54, 1.807) is 18.2 Å². The van der Waals surface area contributed by atoms with Crippen LogP contribution in [0.15, 0.2) is 18.2 Å². The molecule has 3 rings (SSSR count). The van der Waals surface area contributed by atoms with Crippen molar-refractivity contribution in [3.05, 3.63) is 39.9 Å². The highest BCUT2D eigenvalue weighted by atomic mass is 32.1. The maximum Gasteiger partial charge on any atom is 0.261 e. The van der Waals surface area contributed by atoms with Crippen molar-refractivity contribution < 1.29 is 9.90 Å². The number of nitrogens with zero attached hydrogens (tertiary/aromatic N) is 1. The SMILES string of the molecule is Cc1ccc(C(=O)Nc2nc3c(s2)CCC3)c(O)c1. The monoisotopic (exact) mass is 274 g/mol. The molecule has 1 aliphatic carbocycles. The quantitative estimate of drug-likeness (QED) is 0.885. The average Bonchev–Trinajstić information content (AvgIpc) is 2.89. The molecular weight excluding hydrogens is 260 g/mol. The molecule has 2 N–H and O–H groups in total. The molecule has 1 aliphatic rings. The minimum atomic E-state index is -0.315. The molecule has 5 heteroatoms. The molecular formula is C14H14N2O2S. The minimum absolute atomic E-state index is 0.00148. The summed E-state index contributed by atoms with van der Waals surface area (Å²) in [4.78, 5) is 17.7. The van der Waals surface area contributed by atoms with E-state index in [4.69, 9.17) is 0 Å². The summed E-state index contributed by atoms with van der Waals surface area (Å²) in [6, 6.07) is 5.01. The second kappa shape index (κ2) is 4.66. The Morgan fingerprint density at radius 3 is 3.00 bits per heavy atom. The van der Waals surface area contributed by atoms with Gasteiger partial charge in [0.05, 0.1) is 11.3 Å². The van der Waals surface area contributed by atoms with Crippen molar-refractivity contribution in [3.63, 3.8) is 0 Å². The largest absolute Gasteiger partial charge is 0.507 e. The zero-order chi connectivity index (χ0) is 13.4. The Bertz CT molecular complexity index is 627. The maximum atomic E-state index is 12.1. The number of benzene rings is 1. The van der Waals surface area contributed by atoms with Crippen molar-refractivity contribution >= 4 is 22.4 Å². The number of hydrogen-bond donors (Lipinski definition) is 2. The number of carbonyl (C=O) groups excluding carboxylic acids is 1. The number of phenols is 1. The smallest absolute Gasteiger partial charge is 0.261 e. The van der Waals surface area contributed by atoms with Crippen LogP contribution >= 0.6 is 11.3 Å². The minimum Gasteiger partial charge on any atom is -0.507 e. The number of phenolic OH excluding ortho intramolecular Hbond substituents is 1. The van der Waals surface area contributed by atoms with Crippen LogP contribution in [0.4, 0.5) is 5.13 Å². The number of rotatable bonds is 2. The third-order valence-corrected chi connectivity index (χ3v) is 4.29. The Morgan fingerprint density at radius 2 is 2.26 bits per heavy atom. The zero-order valence-corrected chi connectivity index (χ0v) is 11.4. The Kier molecular flexibility index (Phi) is 2.98. The van der Waals surface area contributed by atoms with Gasteiger partial charge in [-0.25, -0.2) is 4.98 Å². The number of aryl methyl sites for hydroxylation is 3. The second-order valence-corrected chi connectivity index (χ2v) is 5.80. The summed E-state index contributed by atoms with van der Waals surface area (Å²) in [5.74, 6) is -0.313. The molecule has 4 nitrogen and oxygen atoms in total. The van der Waals surface area contributed by atoms with Gasteiger partial charge in [0.25, 0.3) is 5.91 Å². The van der Waals surface area contributed by atoms with Crippen molar-refractivity contribution in [2.75, 3.05) is 5.32 Å². The van der Waals surface area contributed by atoms with Crippen LogP contribution in [0, 0.1) is 6.92 Å². The van der Waals surface area contributed by atoms with Crippen LogP contribution in [0.5, 0.6) is 5.75 Å². The van der Waals surface area contributed by atoms with E-state index < -0.39 is 0 Å². The van der Waals surface area contributed by atoms with E-state index in [1.807, 2.05) is 6.92 Å². The molecule has 1 aromatic heterocycles. The van der Waals surface area contributed by atoms with Crippen LogP contribution in [0.1, 0.15) is 32.9 Å². The molecule has 0 saturated carbocycles. The number of thiazole rings is 1. The highest BCUT2D eigenvalue weighted by Gasteiger charge is 2.19. The Labute approximate surface area is 115 Å². The molecule has 0 unspecified atom stereocenters. The van der Waals surface area contributed by atoms with Gasteiger partial charge < -0.3 is 5.11 Å². The molecule has 19 heavy (non-hydrogen) atoms. The van der Waals surface area contributed by atoms with Crippen LogP contribution < -0.4 is 5.32 Å². The maximum absolute atomic E-state index is 12.1. The lowest BCUT2D eigenvalue weighted by Crippen LogP contribution is -2.12. The van der Waals surface area contributed by atoms with Gasteiger partial charge in [0.15, 0.2) is 5.13 Å². The predicted octanol–water partition coefficient (Wildman–Crippen LogP) is 2.90. The van der Waals surface area contributed by atoms with Crippen molar-refractivity contribution in [3.8, 4) is 5.75 Å². The average molecular weight is 274 g/mol. The number of carbonyl (C=O) groups is 1. The number of hydrogen-bond acceptors (Lipinski definition) is 4. The first-order valence-corrected chi connectivity index (χ1v) is 7.04. The van der Waals surface area contributed by atoms with Gasteiger partial charge in [0, 0.05) is 4.88 Å².